The lowest BCUT2D eigenvalue weighted by atomic mass is 10.0. The number of aromatic amines is 1. The molecule has 0 atom stereocenters. The van der Waals surface area contributed by atoms with Gasteiger partial charge in [0.25, 0.3) is 0 Å². The largest absolute Gasteiger partial charge is 0.358 e. The van der Waals surface area contributed by atoms with Crippen molar-refractivity contribution in [3.8, 4) is 0 Å². The maximum Gasteiger partial charge on any atom is 0.223 e. The van der Waals surface area contributed by atoms with Crippen LogP contribution in [0.25, 0.3) is 10.9 Å². The van der Waals surface area contributed by atoms with Crippen molar-refractivity contribution < 1.29 is 4.79 Å². The number of fused-ring (bicyclic) bond motifs is 3. The van der Waals surface area contributed by atoms with Crippen molar-refractivity contribution in [1.82, 2.24) is 9.88 Å². The van der Waals surface area contributed by atoms with Crippen LogP contribution in [-0.4, -0.2) is 34.3 Å². The molecule has 1 aliphatic heterocycles. The average Bonchev–Trinajstić information content (AvgIpc) is 2.82. The first-order chi connectivity index (χ1) is 9.29. The summed E-state index contributed by atoms with van der Waals surface area (Å²) in [6.07, 6.45) is 3.63. The number of hydrogen-bond donors (Lipinski definition) is 1. The van der Waals surface area contributed by atoms with Crippen LogP contribution in [0.4, 0.5) is 0 Å². The Bertz CT molecular complexity index is 605. The molecule has 2 aromatic rings. The van der Waals surface area contributed by atoms with Gasteiger partial charge in [-0.05, 0) is 12.3 Å². The number of nitrogens with one attached hydrogen (secondary N) is 1. The third kappa shape index (κ3) is 2.37. The number of benzene rings is 1. The third-order valence-corrected chi connectivity index (χ3v) is 4.37. The maximum absolute atomic E-state index is 12.1. The molecule has 1 aromatic carbocycles. The highest BCUT2D eigenvalue weighted by molar-refractivity contribution is 7.98. The van der Waals surface area contributed by atoms with Gasteiger partial charge in [0.1, 0.15) is 0 Å². The molecule has 2 heterocycles. The molecule has 4 heteroatoms. The smallest absolute Gasteiger partial charge is 0.223 e. The molecule has 0 spiro atoms. The second kappa shape index (κ2) is 5.29. The molecule has 19 heavy (non-hydrogen) atoms. The molecule has 0 saturated heterocycles. The standard InChI is InChI=1S/C15H18N2OS/c1-19-9-7-15(18)17-8-6-14-12(10-17)11-4-2-3-5-13(11)16-14/h2-5,16H,6-10H2,1H3. The summed E-state index contributed by atoms with van der Waals surface area (Å²) in [7, 11) is 0. The van der Waals surface area contributed by atoms with E-state index >= 15 is 0 Å². The molecule has 3 nitrogen and oxygen atoms in total. The van der Waals surface area contributed by atoms with Crippen molar-refractivity contribution in [1.29, 1.82) is 0 Å². The van der Waals surface area contributed by atoms with Gasteiger partial charge in [0.2, 0.25) is 5.91 Å². The van der Waals surface area contributed by atoms with Crippen molar-refractivity contribution in [3.05, 3.63) is 35.5 Å². The number of hydrogen-bond acceptors (Lipinski definition) is 2. The van der Waals surface area contributed by atoms with Crippen LogP contribution in [0.3, 0.4) is 0 Å². The Balaban J connectivity index is 1.84. The minimum absolute atomic E-state index is 0.283. The number of nitrogens with zero attached hydrogens (tertiary/aromatic N) is 1. The fourth-order valence-electron chi connectivity index (χ4n) is 2.73. The molecule has 0 radical (unpaired) electrons. The van der Waals surface area contributed by atoms with Gasteiger partial charge in [-0.2, -0.15) is 11.8 Å². The first-order valence-electron chi connectivity index (χ1n) is 6.65. The van der Waals surface area contributed by atoms with Crippen LogP contribution < -0.4 is 0 Å². The second-order valence-electron chi connectivity index (χ2n) is 4.94. The molecule has 0 saturated carbocycles. The number of rotatable bonds is 3. The lowest BCUT2D eigenvalue weighted by Crippen LogP contribution is -2.35. The SMILES string of the molecule is CSCCC(=O)N1CCc2[nH]c3ccccc3c2C1. The van der Waals surface area contributed by atoms with E-state index in [1.54, 1.807) is 11.8 Å². The van der Waals surface area contributed by atoms with Gasteiger partial charge in [0.05, 0.1) is 0 Å². The molecule has 3 rings (SSSR count). The monoisotopic (exact) mass is 274 g/mol. The van der Waals surface area contributed by atoms with Crippen LogP contribution in [-0.2, 0) is 17.8 Å². The number of thioether (sulfide) groups is 1. The second-order valence-corrected chi connectivity index (χ2v) is 5.92. The Morgan fingerprint density at radius 2 is 2.26 bits per heavy atom. The summed E-state index contributed by atoms with van der Waals surface area (Å²) in [5.74, 6) is 1.20. The van der Waals surface area contributed by atoms with Crippen LogP contribution >= 0.6 is 11.8 Å². The van der Waals surface area contributed by atoms with Gasteiger partial charge in [-0.25, -0.2) is 0 Å². The van der Waals surface area contributed by atoms with Crippen molar-refractivity contribution in [2.75, 3.05) is 18.6 Å². The molecule has 0 unspecified atom stereocenters. The highest BCUT2D eigenvalue weighted by atomic mass is 32.2. The van der Waals surface area contributed by atoms with E-state index in [-0.39, 0.29) is 5.91 Å². The van der Waals surface area contributed by atoms with Gasteiger partial charge in [-0.1, -0.05) is 18.2 Å². The van der Waals surface area contributed by atoms with E-state index < -0.39 is 0 Å². The van der Waals surface area contributed by atoms with E-state index in [9.17, 15) is 4.79 Å². The number of aromatic nitrogens is 1. The van der Waals surface area contributed by atoms with Gasteiger partial charge in [-0.15, -0.1) is 0 Å². The summed E-state index contributed by atoms with van der Waals surface area (Å²) < 4.78 is 0. The van der Waals surface area contributed by atoms with Gasteiger partial charge < -0.3 is 9.88 Å². The van der Waals surface area contributed by atoms with E-state index in [4.69, 9.17) is 0 Å². The van der Waals surface area contributed by atoms with E-state index in [1.165, 1.54) is 22.2 Å². The molecule has 1 aromatic heterocycles. The van der Waals surface area contributed by atoms with Crippen molar-refractivity contribution >= 4 is 28.6 Å². The van der Waals surface area contributed by atoms with Crippen molar-refractivity contribution in [3.63, 3.8) is 0 Å². The minimum atomic E-state index is 0.283. The van der Waals surface area contributed by atoms with E-state index in [2.05, 4.69) is 23.2 Å². The summed E-state index contributed by atoms with van der Waals surface area (Å²) in [5, 5.41) is 1.26. The Morgan fingerprint density at radius 3 is 3.11 bits per heavy atom. The van der Waals surface area contributed by atoms with Crippen LogP contribution in [0, 0.1) is 0 Å². The molecule has 1 N–H and O–H groups in total. The van der Waals surface area contributed by atoms with Crippen molar-refractivity contribution in [2.45, 2.75) is 19.4 Å². The predicted molar refractivity (Wildman–Crippen MR) is 80.4 cm³/mol. The highest BCUT2D eigenvalue weighted by Gasteiger charge is 2.23. The predicted octanol–water partition coefficient (Wildman–Crippen LogP) is 2.81. The van der Waals surface area contributed by atoms with Gasteiger partial charge >= 0.3 is 0 Å². The zero-order chi connectivity index (χ0) is 13.2. The number of carbonyl (C=O) groups excluding carboxylic acids is 1. The molecule has 100 valence electrons. The zero-order valence-electron chi connectivity index (χ0n) is 11.1. The number of amides is 1. The van der Waals surface area contributed by atoms with Gasteiger partial charge in [-0.3, -0.25) is 4.79 Å². The average molecular weight is 274 g/mol. The lowest BCUT2D eigenvalue weighted by Gasteiger charge is -2.27. The molecular formula is C15H18N2OS. The summed E-state index contributed by atoms with van der Waals surface area (Å²) >= 11 is 1.73. The zero-order valence-corrected chi connectivity index (χ0v) is 11.9. The summed E-state index contributed by atoms with van der Waals surface area (Å²) in [6, 6.07) is 8.35. The fourth-order valence-corrected chi connectivity index (χ4v) is 3.11. The van der Waals surface area contributed by atoms with Gasteiger partial charge in [0.15, 0.2) is 0 Å². The van der Waals surface area contributed by atoms with E-state index in [0.29, 0.717) is 6.42 Å². The number of carbonyl (C=O) groups is 1. The fraction of sp³-hybridized carbons (Fsp3) is 0.400. The van der Waals surface area contributed by atoms with Crippen molar-refractivity contribution in [2.24, 2.45) is 0 Å². The van der Waals surface area contributed by atoms with Crippen LogP contribution in [0.15, 0.2) is 24.3 Å². The Hall–Kier alpha value is -1.42. The molecule has 1 aliphatic rings. The summed E-state index contributed by atoms with van der Waals surface area (Å²) in [4.78, 5) is 17.6. The van der Waals surface area contributed by atoms with E-state index in [0.717, 1.165) is 25.3 Å². The minimum Gasteiger partial charge on any atom is -0.358 e. The Morgan fingerprint density at radius 1 is 1.42 bits per heavy atom. The lowest BCUT2D eigenvalue weighted by molar-refractivity contribution is -0.131. The molecule has 1 amide bonds. The normalized spacial score (nSPS) is 14.7. The maximum atomic E-state index is 12.1. The first-order valence-corrected chi connectivity index (χ1v) is 8.04. The Kier molecular flexibility index (Phi) is 3.51. The summed E-state index contributed by atoms with van der Waals surface area (Å²) in [5.41, 5.74) is 3.79. The third-order valence-electron chi connectivity index (χ3n) is 3.76. The van der Waals surface area contributed by atoms with Crippen LogP contribution in [0.5, 0.6) is 0 Å². The molecule has 0 fully saturated rings. The quantitative estimate of drug-likeness (QED) is 0.934. The van der Waals surface area contributed by atoms with Gasteiger partial charge in [0, 0.05) is 53.8 Å². The molecule has 0 aliphatic carbocycles. The Labute approximate surface area is 117 Å². The molecule has 0 bridgehead atoms. The summed E-state index contributed by atoms with van der Waals surface area (Å²) in [6.45, 7) is 1.60. The highest BCUT2D eigenvalue weighted by Crippen LogP contribution is 2.27. The first kappa shape index (κ1) is 12.6. The van der Waals surface area contributed by atoms with E-state index in [1.807, 2.05) is 17.2 Å². The van der Waals surface area contributed by atoms with Crippen LogP contribution in [0.1, 0.15) is 17.7 Å². The number of H-pyrrole nitrogens is 1. The topological polar surface area (TPSA) is 36.1 Å². The van der Waals surface area contributed by atoms with Crippen LogP contribution in [0.2, 0.25) is 0 Å². The number of para-hydroxylation sites is 1. The molecular weight excluding hydrogens is 256 g/mol.